The van der Waals surface area contributed by atoms with Gasteiger partial charge >= 0.3 is 0 Å². The van der Waals surface area contributed by atoms with E-state index in [9.17, 15) is 8.78 Å². The Morgan fingerprint density at radius 2 is 2.00 bits per heavy atom. The highest BCUT2D eigenvalue weighted by molar-refractivity contribution is 7.99. The zero-order chi connectivity index (χ0) is 11.5. The number of H-pyrrole nitrogens is 1. The van der Waals surface area contributed by atoms with Gasteiger partial charge in [0.05, 0.1) is 16.5 Å². The molecule has 1 N–H and O–H groups in total. The van der Waals surface area contributed by atoms with Crippen molar-refractivity contribution in [2.24, 2.45) is 0 Å². The SMILES string of the molecule is N#Cc1cc(F)c(Sc2ncn[nH]2)c(F)c1. The summed E-state index contributed by atoms with van der Waals surface area (Å²) in [4.78, 5) is 3.52. The molecule has 0 fully saturated rings. The number of halogens is 2. The lowest BCUT2D eigenvalue weighted by Gasteiger charge is -2.02. The van der Waals surface area contributed by atoms with Gasteiger partial charge in [-0.15, -0.1) is 0 Å². The van der Waals surface area contributed by atoms with Crippen LogP contribution < -0.4 is 0 Å². The fourth-order valence-corrected chi connectivity index (χ4v) is 1.77. The van der Waals surface area contributed by atoms with Crippen LogP contribution in [0.5, 0.6) is 0 Å². The van der Waals surface area contributed by atoms with Crippen LogP contribution in [0.4, 0.5) is 8.78 Å². The molecule has 0 saturated carbocycles. The molecule has 0 aliphatic carbocycles. The van der Waals surface area contributed by atoms with Crippen molar-refractivity contribution < 1.29 is 8.78 Å². The molecule has 0 radical (unpaired) electrons. The number of benzene rings is 1. The first-order chi connectivity index (χ1) is 7.70. The normalized spacial score (nSPS) is 10.1. The predicted molar refractivity (Wildman–Crippen MR) is 51.6 cm³/mol. The molecule has 1 heterocycles. The van der Waals surface area contributed by atoms with Gasteiger partial charge in [0.25, 0.3) is 0 Å². The van der Waals surface area contributed by atoms with E-state index < -0.39 is 11.6 Å². The van der Waals surface area contributed by atoms with E-state index in [1.807, 2.05) is 0 Å². The van der Waals surface area contributed by atoms with Crippen LogP contribution in [0.1, 0.15) is 5.56 Å². The molecule has 0 aliphatic rings. The molecule has 0 atom stereocenters. The predicted octanol–water partition coefficient (Wildman–Crippen LogP) is 2.11. The van der Waals surface area contributed by atoms with Gasteiger partial charge in [-0.1, -0.05) is 0 Å². The van der Waals surface area contributed by atoms with Gasteiger partial charge < -0.3 is 0 Å². The molecule has 0 unspecified atom stereocenters. The Labute approximate surface area is 93.3 Å². The molecule has 0 amide bonds. The fraction of sp³-hybridized carbons (Fsp3) is 0. The minimum atomic E-state index is -0.794. The van der Waals surface area contributed by atoms with E-state index in [4.69, 9.17) is 5.26 Å². The van der Waals surface area contributed by atoms with Gasteiger partial charge in [0.2, 0.25) is 0 Å². The van der Waals surface area contributed by atoms with Crippen molar-refractivity contribution in [3.8, 4) is 6.07 Å². The molecule has 2 aromatic rings. The standard InChI is InChI=1S/C9H4F2N4S/c10-6-1-5(3-12)2-7(11)8(6)16-9-13-4-14-15-9/h1-2,4H,(H,13,14,15). The molecule has 0 bridgehead atoms. The zero-order valence-electron chi connectivity index (χ0n) is 7.74. The topological polar surface area (TPSA) is 65.4 Å². The Hall–Kier alpha value is -1.94. The Morgan fingerprint density at radius 1 is 1.31 bits per heavy atom. The molecule has 2 rings (SSSR count). The number of aromatic amines is 1. The average Bonchev–Trinajstić information content (AvgIpc) is 2.75. The van der Waals surface area contributed by atoms with Crippen molar-refractivity contribution in [1.82, 2.24) is 15.2 Å². The van der Waals surface area contributed by atoms with Crippen LogP contribution in [-0.2, 0) is 0 Å². The highest BCUT2D eigenvalue weighted by Crippen LogP contribution is 2.30. The second kappa shape index (κ2) is 4.28. The Bertz CT molecular complexity index is 524. The molecule has 0 aliphatic heterocycles. The maximum Gasteiger partial charge on any atom is 0.188 e. The van der Waals surface area contributed by atoms with Gasteiger partial charge in [0, 0.05) is 0 Å². The second-order valence-electron chi connectivity index (χ2n) is 2.77. The zero-order valence-corrected chi connectivity index (χ0v) is 8.55. The van der Waals surface area contributed by atoms with Crippen molar-refractivity contribution in [2.75, 3.05) is 0 Å². The van der Waals surface area contributed by atoms with Crippen molar-refractivity contribution in [3.05, 3.63) is 35.7 Å². The van der Waals surface area contributed by atoms with Crippen molar-refractivity contribution in [2.45, 2.75) is 10.1 Å². The number of nitriles is 1. The monoisotopic (exact) mass is 238 g/mol. The third-order valence-corrected chi connectivity index (χ3v) is 2.70. The van der Waals surface area contributed by atoms with Gasteiger partial charge in [0.1, 0.15) is 18.0 Å². The molecular weight excluding hydrogens is 234 g/mol. The number of rotatable bonds is 2. The average molecular weight is 238 g/mol. The van der Waals surface area contributed by atoms with E-state index in [0.29, 0.717) is 0 Å². The van der Waals surface area contributed by atoms with E-state index in [-0.39, 0.29) is 15.6 Å². The van der Waals surface area contributed by atoms with E-state index in [1.165, 1.54) is 6.33 Å². The number of hydrogen-bond donors (Lipinski definition) is 1. The van der Waals surface area contributed by atoms with Gasteiger partial charge in [-0.25, -0.2) is 13.8 Å². The summed E-state index contributed by atoms with van der Waals surface area (Å²) in [7, 11) is 0. The number of aromatic nitrogens is 3. The summed E-state index contributed by atoms with van der Waals surface area (Å²) in [5.74, 6) is -1.59. The summed E-state index contributed by atoms with van der Waals surface area (Å²) in [6, 6.07) is 3.62. The van der Waals surface area contributed by atoms with Crippen LogP contribution in [-0.4, -0.2) is 15.2 Å². The highest BCUT2D eigenvalue weighted by atomic mass is 32.2. The molecule has 4 nitrogen and oxygen atoms in total. The molecule has 7 heteroatoms. The van der Waals surface area contributed by atoms with Gasteiger partial charge in [-0.3, -0.25) is 5.10 Å². The lowest BCUT2D eigenvalue weighted by atomic mass is 10.2. The van der Waals surface area contributed by atoms with Gasteiger partial charge in [-0.05, 0) is 23.9 Å². The van der Waals surface area contributed by atoms with Crippen molar-refractivity contribution in [3.63, 3.8) is 0 Å². The largest absolute Gasteiger partial charge is 0.254 e. The summed E-state index contributed by atoms with van der Waals surface area (Å²) < 4.78 is 26.8. The maximum atomic E-state index is 13.4. The molecule has 0 spiro atoms. The quantitative estimate of drug-likeness (QED) is 0.870. The number of hydrogen-bond acceptors (Lipinski definition) is 4. The van der Waals surface area contributed by atoms with Crippen molar-refractivity contribution >= 4 is 11.8 Å². The summed E-state index contributed by atoms with van der Waals surface area (Å²) in [6.07, 6.45) is 1.24. The molecule has 0 saturated heterocycles. The number of nitrogens with zero attached hydrogens (tertiary/aromatic N) is 3. The Kier molecular flexibility index (Phi) is 2.83. The summed E-state index contributed by atoms with van der Waals surface area (Å²) >= 11 is 0.778. The van der Waals surface area contributed by atoms with Gasteiger partial charge in [0.15, 0.2) is 5.16 Å². The first kappa shape index (κ1) is 10.6. The summed E-state index contributed by atoms with van der Waals surface area (Å²) in [6.45, 7) is 0. The van der Waals surface area contributed by atoms with Crippen LogP contribution in [0.15, 0.2) is 28.5 Å². The third-order valence-electron chi connectivity index (χ3n) is 1.72. The molecular formula is C9H4F2N4S. The lowest BCUT2D eigenvalue weighted by Crippen LogP contribution is -1.90. The Balaban J connectivity index is 2.39. The van der Waals surface area contributed by atoms with Gasteiger partial charge in [-0.2, -0.15) is 10.4 Å². The second-order valence-corrected chi connectivity index (χ2v) is 3.77. The van der Waals surface area contributed by atoms with Crippen LogP contribution in [0.25, 0.3) is 0 Å². The lowest BCUT2D eigenvalue weighted by molar-refractivity contribution is 0.539. The van der Waals surface area contributed by atoms with Crippen LogP contribution in [0.2, 0.25) is 0 Å². The molecule has 1 aromatic carbocycles. The van der Waals surface area contributed by atoms with E-state index in [1.54, 1.807) is 6.07 Å². The van der Waals surface area contributed by atoms with E-state index in [2.05, 4.69) is 15.2 Å². The van der Waals surface area contributed by atoms with E-state index in [0.717, 1.165) is 23.9 Å². The maximum absolute atomic E-state index is 13.4. The third kappa shape index (κ3) is 2.01. The highest BCUT2D eigenvalue weighted by Gasteiger charge is 2.13. The van der Waals surface area contributed by atoms with Crippen LogP contribution in [0, 0.1) is 23.0 Å². The van der Waals surface area contributed by atoms with E-state index >= 15 is 0 Å². The Morgan fingerprint density at radius 3 is 2.50 bits per heavy atom. The summed E-state index contributed by atoms with van der Waals surface area (Å²) in [5, 5.41) is 14.8. The minimum absolute atomic E-state index is 0.0584. The molecule has 1 aromatic heterocycles. The first-order valence-corrected chi connectivity index (χ1v) is 4.94. The van der Waals surface area contributed by atoms with Crippen molar-refractivity contribution in [1.29, 1.82) is 5.26 Å². The smallest absolute Gasteiger partial charge is 0.188 e. The molecule has 80 valence electrons. The van der Waals surface area contributed by atoms with Crippen LogP contribution in [0.3, 0.4) is 0 Å². The fourth-order valence-electron chi connectivity index (χ4n) is 1.06. The first-order valence-electron chi connectivity index (χ1n) is 4.13. The molecule has 16 heavy (non-hydrogen) atoms. The number of nitrogens with one attached hydrogen (secondary N) is 1. The van der Waals surface area contributed by atoms with Crippen LogP contribution >= 0.6 is 11.8 Å². The summed E-state index contributed by atoms with van der Waals surface area (Å²) in [5.41, 5.74) is -0.0584. The minimum Gasteiger partial charge on any atom is -0.254 e.